The maximum absolute atomic E-state index is 11.3. The molecule has 92 valence electrons. The molecule has 2 atom stereocenters. The lowest BCUT2D eigenvalue weighted by molar-refractivity contribution is -0.139. The van der Waals surface area contributed by atoms with Crippen molar-refractivity contribution in [1.82, 2.24) is 0 Å². The van der Waals surface area contributed by atoms with Crippen molar-refractivity contribution in [2.45, 2.75) is 37.8 Å². The monoisotopic (exact) mass is 232 g/mol. The minimum atomic E-state index is -1.17. The number of carboxylic acid groups (broad SMARTS) is 2. The lowest BCUT2D eigenvalue weighted by atomic mass is 10.0. The fourth-order valence-corrected chi connectivity index (χ4v) is 1.05. The van der Waals surface area contributed by atoms with Crippen molar-refractivity contribution >= 4 is 17.7 Å². The number of rotatable bonds is 8. The number of ketones is 1. The summed E-state index contributed by atoms with van der Waals surface area (Å²) in [6, 6.07) is -1.95. The zero-order chi connectivity index (χ0) is 12.7. The molecule has 0 spiro atoms. The number of Topliss-reactive ketones (excluding diaryl/α,β-unsaturated/α-hetero) is 1. The van der Waals surface area contributed by atoms with E-state index in [1.807, 2.05) is 0 Å². The maximum Gasteiger partial charge on any atom is 0.320 e. The molecule has 0 fully saturated rings. The Morgan fingerprint density at radius 1 is 0.938 bits per heavy atom. The van der Waals surface area contributed by atoms with Gasteiger partial charge in [-0.25, -0.2) is 0 Å². The third kappa shape index (κ3) is 6.10. The third-order valence-electron chi connectivity index (χ3n) is 2.10. The summed E-state index contributed by atoms with van der Waals surface area (Å²) in [5, 5.41) is 16.8. The second-order valence-electron chi connectivity index (χ2n) is 3.49. The lowest BCUT2D eigenvalue weighted by Crippen LogP contribution is -2.35. The van der Waals surface area contributed by atoms with Crippen LogP contribution in [0.15, 0.2) is 0 Å². The molecule has 1 unspecified atom stereocenters. The van der Waals surface area contributed by atoms with Crippen LogP contribution in [0.1, 0.15) is 25.7 Å². The molecule has 0 saturated heterocycles. The molecule has 16 heavy (non-hydrogen) atoms. The average molecular weight is 232 g/mol. The van der Waals surface area contributed by atoms with Gasteiger partial charge in [0.15, 0.2) is 0 Å². The molecule has 6 N–H and O–H groups in total. The predicted molar refractivity (Wildman–Crippen MR) is 54.7 cm³/mol. The Morgan fingerprint density at radius 2 is 1.44 bits per heavy atom. The summed E-state index contributed by atoms with van der Waals surface area (Å²) in [5.41, 5.74) is 10.6. The Bertz CT molecular complexity index is 279. The summed E-state index contributed by atoms with van der Waals surface area (Å²) in [7, 11) is 0. The van der Waals surface area contributed by atoms with E-state index >= 15 is 0 Å². The van der Waals surface area contributed by atoms with E-state index in [9.17, 15) is 14.4 Å². The SMILES string of the molecule is NC(CCC(=O)[C@@H](N)CCC(=O)O)C(=O)O. The Hall–Kier alpha value is -1.47. The largest absolute Gasteiger partial charge is 0.481 e. The molecule has 0 aliphatic rings. The van der Waals surface area contributed by atoms with Crippen LogP contribution in [0.4, 0.5) is 0 Å². The summed E-state index contributed by atoms with van der Waals surface area (Å²) in [4.78, 5) is 31.9. The van der Waals surface area contributed by atoms with Crippen molar-refractivity contribution in [1.29, 1.82) is 0 Å². The van der Waals surface area contributed by atoms with Crippen molar-refractivity contribution in [2.75, 3.05) is 0 Å². The van der Waals surface area contributed by atoms with Crippen molar-refractivity contribution in [3.63, 3.8) is 0 Å². The van der Waals surface area contributed by atoms with Gasteiger partial charge in [0.25, 0.3) is 0 Å². The van der Waals surface area contributed by atoms with Crippen LogP contribution in [0.25, 0.3) is 0 Å². The molecular formula is C9H16N2O5. The first-order chi connectivity index (χ1) is 7.34. The molecular weight excluding hydrogens is 216 g/mol. The molecule has 0 aliphatic heterocycles. The summed E-state index contributed by atoms with van der Waals surface area (Å²) in [6.07, 6.45) is -0.169. The van der Waals surface area contributed by atoms with E-state index in [0.29, 0.717) is 0 Å². The molecule has 0 aromatic heterocycles. The van der Waals surface area contributed by atoms with Crippen LogP contribution in [0.5, 0.6) is 0 Å². The third-order valence-corrected chi connectivity index (χ3v) is 2.10. The number of hydrogen-bond acceptors (Lipinski definition) is 5. The number of aliphatic carboxylic acids is 2. The minimum Gasteiger partial charge on any atom is -0.481 e. The second-order valence-corrected chi connectivity index (χ2v) is 3.49. The zero-order valence-corrected chi connectivity index (χ0v) is 8.76. The number of nitrogens with two attached hydrogens (primary N) is 2. The Balaban J connectivity index is 3.87. The highest BCUT2D eigenvalue weighted by Crippen LogP contribution is 2.03. The standard InChI is InChI=1S/C9H16N2O5/c10-5(2-4-8(13)14)7(12)3-1-6(11)9(15)16/h5-6H,1-4,10-11H2,(H,13,14)(H,15,16)/t5-,6?/m0/s1. The van der Waals surface area contributed by atoms with Gasteiger partial charge in [0.05, 0.1) is 6.04 Å². The van der Waals surface area contributed by atoms with Gasteiger partial charge in [0.2, 0.25) is 0 Å². The molecule has 0 radical (unpaired) electrons. The summed E-state index contributed by atoms with van der Waals surface area (Å²) >= 11 is 0. The highest BCUT2D eigenvalue weighted by molar-refractivity contribution is 5.85. The summed E-state index contributed by atoms with van der Waals surface area (Å²) < 4.78 is 0. The van der Waals surface area contributed by atoms with Crippen LogP contribution >= 0.6 is 0 Å². The van der Waals surface area contributed by atoms with E-state index in [0.717, 1.165) is 0 Å². The van der Waals surface area contributed by atoms with E-state index in [-0.39, 0.29) is 31.5 Å². The fraction of sp³-hybridized carbons (Fsp3) is 0.667. The molecule has 0 aromatic carbocycles. The van der Waals surface area contributed by atoms with Gasteiger partial charge in [-0.3, -0.25) is 14.4 Å². The first-order valence-electron chi connectivity index (χ1n) is 4.83. The lowest BCUT2D eigenvalue weighted by Gasteiger charge is -2.10. The summed E-state index contributed by atoms with van der Waals surface area (Å²) in [6.45, 7) is 0. The summed E-state index contributed by atoms with van der Waals surface area (Å²) in [5.74, 6) is -2.56. The first-order valence-corrected chi connectivity index (χ1v) is 4.83. The van der Waals surface area contributed by atoms with Gasteiger partial charge in [-0.05, 0) is 12.8 Å². The predicted octanol–water partition coefficient (Wildman–Crippen LogP) is -1.06. The molecule has 0 aromatic rings. The van der Waals surface area contributed by atoms with Crippen molar-refractivity contribution in [2.24, 2.45) is 11.5 Å². The van der Waals surface area contributed by atoms with Crippen LogP contribution in [0.2, 0.25) is 0 Å². The molecule has 7 nitrogen and oxygen atoms in total. The Morgan fingerprint density at radius 3 is 1.88 bits per heavy atom. The molecule has 0 saturated carbocycles. The highest BCUT2D eigenvalue weighted by Gasteiger charge is 2.18. The van der Waals surface area contributed by atoms with Crippen LogP contribution in [-0.4, -0.2) is 40.0 Å². The van der Waals surface area contributed by atoms with E-state index in [2.05, 4.69) is 0 Å². The van der Waals surface area contributed by atoms with Crippen LogP contribution in [0, 0.1) is 0 Å². The van der Waals surface area contributed by atoms with E-state index in [1.165, 1.54) is 0 Å². The van der Waals surface area contributed by atoms with Gasteiger partial charge in [-0.15, -0.1) is 0 Å². The van der Waals surface area contributed by atoms with E-state index in [1.54, 1.807) is 0 Å². The van der Waals surface area contributed by atoms with Gasteiger partial charge in [0, 0.05) is 12.8 Å². The molecule has 0 heterocycles. The van der Waals surface area contributed by atoms with Crippen molar-refractivity contribution in [3.8, 4) is 0 Å². The molecule has 7 heteroatoms. The second kappa shape index (κ2) is 6.91. The van der Waals surface area contributed by atoms with Gasteiger partial charge >= 0.3 is 11.9 Å². The first kappa shape index (κ1) is 14.5. The molecule has 0 bridgehead atoms. The fourth-order valence-electron chi connectivity index (χ4n) is 1.05. The van der Waals surface area contributed by atoms with Crippen LogP contribution < -0.4 is 11.5 Å². The molecule has 0 amide bonds. The topological polar surface area (TPSA) is 144 Å². The number of hydrogen-bond donors (Lipinski definition) is 4. The van der Waals surface area contributed by atoms with Crippen molar-refractivity contribution in [3.05, 3.63) is 0 Å². The van der Waals surface area contributed by atoms with E-state index < -0.39 is 24.0 Å². The normalized spacial score (nSPS) is 14.1. The van der Waals surface area contributed by atoms with E-state index in [4.69, 9.17) is 21.7 Å². The maximum atomic E-state index is 11.3. The minimum absolute atomic E-state index is 0.00887. The smallest absolute Gasteiger partial charge is 0.320 e. The highest BCUT2D eigenvalue weighted by atomic mass is 16.4. The number of carboxylic acids is 2. The Labute approximate surface area is 92.4 Å². The van der Waals surface area contributed by atoms with Gasteiger partial charge < -0.3 is 21.7 Å². The van der Waals surface area contributed by atoms with Gasteiger partial charge in [-0.2, -0.15) is 0 Å². The van der Waals surface area contributed by atoms with Crippen LogP contribution in [-0.2, 0) is 14.4 Å². The average Bonchev–Trinajstić information content (AvgIpc) is 2.21. The molecule has 0 rings (SSSR count). The molecule has 0 aliphatic carbocycles. The van der Waals surface area contributed by atoms with Gasteiger partial charge in [0.1, 0.15) is 11.8 Å². The van der Waals surface area contributed by atoms with Gasteiger partial charge in [-0.1, -0.05) is 0 Å². The zero-order valence-electron chi connectivity index (χ0n) is 8.76. The number of carbonyl (C=O) groups is 3. The Kier molecular flexibility index (Phi) is 6.28. The quantitative estimate of drug-likeness (QED) is 0.417. The van der Waals surface area contributed by atoms with Crippen LogP contribution in [0.3, 0.4) is 0 Å². The number of carbonyl (C=O) groups excluding carboxylic acids is 1. The van der Waals surface area contributed by atoms with Crippen molar-refractivity contribution < 1.29 is 24.6 Å².